The highest BCUT2D eigenvalue weighted by molar-refractivity contribution is 5.88. The van der Waals surface area contributed by atoms with Gasteiger partial charge in [-0.2, -0.15) is 0 Å². The van der Waals surface area contributed by atoms with Gasteiger partial charge in [-0.25, -0.2) is 0 Å². The Labute approximate surface area is 225 Å². The van der Waals surface area contributed by atoms with Crippen LogP contribution in [0.25, 0.3) is 0 Å². The fourth-order valence-corrected chi connectivity index (χ4v) is 4.94. The number of nitrogens with zero attached hydrogens (tertiary/aromatic N) is 1. The molecule has 2 amide bonds. The monoisotopic (exact) mass is 523 g/mol. The second-order valence-electron chi connectivity index (χ2n) is 10.6. The zero-order chi connectivity index (χ0) is 26.9. The minimum absolute atomic E-state index is 0.0412. The van der Waals surface area contributed by atoms with E-state index in [2.05, 4.69) is 48.7 Å². The Morgan fingerprint density at radius 3 is 2.76 bits per heavy atom. The third-order valence-corrected chi connectivity index (χ3v) is 7.17. The molecule has 0 spiro atoms. The van der Waals surface area contributed by atoms with Gasteiger partial charge in [0.05, 0.1) is 25.3 Å². The molecule has 3 atom stereocenters. The van der Waals surface area contributed by atoms with Crippen molar-refractivity contribution in [2.45, 2.75) is 70.2 Å². The number of nitrogens with one attached hydrogen (secondary N) is 2. The van der Waals surface area contributed by atoms with Crippen molar-refractivity contribution in [3.05, 3.63) is 65.2 Å². The molecule has 38 heavy (non-hydrogen) atoms. The lowest BCUT2D eigenvalue weighted by Gasteiger charge is -2.26. The molecule has 2 heterocycles. The number of benzene rings is 2. The Kier molecular flexibility index (Phi) is 10.1. The van der Waals surface area contributed by atoms with Gasteiger partial charge in [-0.3, -0.25) is 9.59 Å². The van der Waals surface area contributed by atoms with Crippen LogP contribution in [0.4, 0.5) is 0 Å². The lowest BCUT2D eigenvalue weighted by molar-refractivity contribution is -0.140. The molecule has 0 aromatic heterocycles. The lowest BCUT2D eigenvalue weighted by atomic mass is 10.00. The van der Waals surface area contributed by atoms with Crippen LogP contribution in [-0.4, -0.2) is 72.9 Å². The first-order valence-corrected chi connectivity index (χ1v) is 13.8. The Bertz CT molecular complexity index is 1080. The quantitative estimate of drug-likeness (QED) is 0.539. The van der Waals surface area contributed by atoms with Crippen molar-refractivity contribution in [3.8, 4) is 5.75 Å². The van der Waals surface area contributed by atoms with Crippen molar-refractivity contribution < 1.29 is 24.2 Å². The van der Waals surface area contributed by atoms with Crippen molar-refractivity contribution in [2.75, 3.05) is 32.8 Å². The van der Waals surface area contributed by atoms with Gasteiger partial charge in [0.2, 0.25) is 5.91 Å². The van der Waals surface area contributed by atoms with Crippen LogP contribution in [-0.2, 0) is 27.3 Å². The van der Waals surface area contributed by atoms with Gasteiger partial charge < -0.3 is 30.1 Å². The average Bonchev–Trinajstić information content (AvgIpc) is 3.24. The van der Waals surface area contributed by atoms with Gasteiger partial charge in [-0.15, -0.1) is 0 Å². The normalized spacial score (nSPS) is 22.1. The third kappa shape index (κ3) is 8.03. The van der Waals surface area contributed by atoms with E-state index in [-0.39, 0.29) is 18.4 Å². The minimum atomic E-state index is -0.829. The summed E-state index contributed by atoms with van der Waals surface area (Å²) in [4.78, 5) is 27.3. The number of aliphatic hydroxyl groups excluding tert-OH is 1. The Hall–Kier alpha value is -2.94. The summed E-state index contributed by atoms with van der Waals surface area (Å²) in [6.07, 6.45) is 1.32. The van der Waals surface area contributed by atoms with Gasteiger partial charge in [0, 0.05) is 32.7 Å². The lowest BCUT2D eigenvalue weighted by Crippen LogP contribution is -2.51. The van der Waals surface area contributed by atoms with Crippen molar-refractivity contribution in [1.29, 1.82) is 0 Å². The summed E-state index contributed by atoms with van der Waals surface area (Å²) in [6.45, 7) is 6.76. The van der Waals surface area contributed by atoms with E-state index in [0.717, 1.165) is 29.7 Å². The maximum absolute atomic E-state index is 13.0. The number of hydrogen-bond acceptors (Lipinski definition) is 6. The van der Waals surface area contributed by atoms with Gasteiger partial charge in [0.15, 0.2) is 0 Å². The number of amides is 2. The summed E-state index contributed by atoms with van der Waals surface area (Å²) in [6, 6.07) is 15.7. The molecule has 0 saturated carbocycles. The number of aliphatic hydroxyl groups is 1. The third-order valence-electron chi connectivity index (χ3n) is 7.17. The first kappa shape index (κ1) is 28.1. The number of ether oxygens (including phenoxy) is 2. The van der Waals surface area contributed by atoms with E-state index in [0.29, 0.717) is 51.6 Å². The summed E-state index contributed by atoms with van der Waals surface area (Å²) in [7, 11) is 0. The maximum Gasteiger partial charge on any atom is 0.252 e. The molecule has 0 radical (unpaired) electrons. The fourth-order valence-electron chi connectivity index (χ4n) is 4.94. The predicted molar refractivity (Wildman–Crippen MR) is 146 cm³/mol. The van der Waals surface area contributed by atoms with E-state index >= 15 is 0 Å². The molecule has 3 N–H and O–H groups in total. The summed E-state index contributed by atoms with van der Waals surface area (Å²) in [5, 5.41) is 17.5. The first-order valence-electron chi connectivity index (χ1n) is 13.8. The molecular formula is C30H41N3O5. The highest BCUT2D eigenvalue weighted by Gasteiger charge is 2.34. The Morgan fingerprint density at radius 2 is 1.92 bits per heavy atom. The molecule has 2 aromatic carbocycles. The molecule has 1 saturated heterocycles. The van der Waals surface area contributed by atoms with Gasteiger partial charge in [0.1, 0.15) is 11.9 Å². The summed E-state index contributed by atoms with van der Waals surface area (Å²) in [5.41, 5.74) is 3.38. The van der Waals surface area contributed by atoms with Crippen LogP contribution in [0.3, 0.4) is 0 Å². The molecule has 2 aliphatic rings. The number of rotatable bonds is 6. The summed E-state index contributed by atoms with van der Waals surface area (Å²) in [5.74, 6) is 0.776. The van der Waals surface area contributed by atoms with E-state index in [9.17, 15) is 14.7 Å². The van der Waals surface area contributed by atoms with Crippen LogP contribution in [0, 0.1) is 0 Å². The second-order valence-corrected chi connectivity index (χ2v) is 10.6. The molecule has 2 aliphatic heterocycles. The predicted octanol–water partition coefficient (Wildman–Crippen LogP) is 2.78. The summed E-state index contributed by atoms with van der Waals surface area (Å²) >= 11 is 0. The van der Waals surface area contributed by atoms with Crippen molar-refractivity contribution in [2.24, 2.45) is 0 Å². The van der Waals surface area contributed by atoms with Gasteiger partial charge in [-0.1, -0.05) is 50.2 Å². The van der Waals surface area contributed by atoms with Crippen LogP contribution in [0.1, 0.15) is 55.7 Å². The standard InChI is InChI=1S/C30H41N3O5/c1-21(2)24-9-5-8-23(15-24)18-31-19-27(34)26-17-22-7-6-10-25(16-22)37-13-3-4-14-38-28-11-12-33(30(28)36)20-29(35)32-26/h5-10,15-16,21,26-28,31,34H,3-4,11-14,17-20H2,1-2H3,(H,32,35)/t26-,27+,28-/m0/s1. The number of carbonyl (C=O) groups excluding carboxylic acids is 2. The smallest absolute Gasteiger partial charge is 0.252 e. The van der Waals surface area contributed by atoms with E-state index in [4.69, 9.17) is 9.47 Å². The highest BCUT2D eigenvalue weighted by atomic mass is 16.5. The topological polar surface area (TPSA) is 100 Å². The Morgan fingerprint density at radius 1 is 1.11 bits per heavy atom. The van der Waals surface area contributed by atoms with Crippen molar-refractivity contribution >= 4 is 11.8 Å². The molecule has 8 nitrogen and oxygen atoms in total. The van der Waals surface area contributed by atoms with E-state index in [1.165, 1.54) is 5.56 Å². The first-order chi connectivity index (χ1) is 18.4. The van der Waals surface area contributed by atoms with Gasteiger partial charge >= 0.3 is 0 Å². The Balaban J connectivity index is 1.44. The fraction of sp³-hybridized carbons (Fsp3) is 0.533. The molecule has 0 aliphatic carbocycles. The molecule has 2 aromatic rings. The van der Waals surface area contributed by atoms with Gasteiger partial charge in [0.25, 0.3) is 5.91 Å². The molecule has 4 rings (SSSR count). The molecule has 1 fully saturated rings. The van der Waals surface area contributed by atoms with Crippen molar-refractivity contribution in [1.82, 2.24) is 15.5 Å². The maximum atomic E-state index is 13.0. The minimum Gasteiger partial charge on any atom is -0.494 e. The van der Waals surface area contributed by atoms with Crippen LogP contribution in [0.15, 0.2) is 48.5 Å². The average molecular weight is 524 g/mol. The van der Waals surface area contributed by atoms with Crippen LogP contribution in [0.2, 0.25) is 0 Å². The second kappa shape index (κ2) is 13.7. The number of carbonyl (C=O) groups is 2. The molecule has 0 unspecified atom stereocenters. The van der Waals surface area contributed by atoms with Gasteiger partial charge in [-0.05, 0) is 54.0 Å². The molecular weight excluding hydrogens is 482 g/mol. The molecule has 8 heteroatoms. The molecule has 206 valence electrons. The van der Waals surface area contributed by atoms with E-state index in [1.807, 2.05) is 24.3 Å². The summed E-state index contributed by atoms with van der Waals surface area (Å²) < 4.78 is 11.7. The zero-order valence-electron chi connectivity index (χ0n) is 22.5. The zero-order valence-corrected chi connectivity index (χ0v) is 22.5. The van der Waals surface area contributed by atoms with Crippen molar-refractivity contribution in [3.63, 3.8) is 0 Å². The van der Waals surface area contributed by atoms with E-state index < -0.39 is 18.2 Å². The van der Waals surface area contributed by atoms with E-state index in [1.54, 1.807) is 4.90 Å². The SMILES string of the molecule is CC(C)c1cccc(CNC[C@@H](O)[C@@H]2Cc3cccc(c3)OCCCCO[C@H]3CCN(CC(=O)N2)C3=O)c1. The van der Waals surface area contributed by atoms with Crippen LogP contribution >= 0.6 is 0 Å². The number of fused-ring (bicyclic) bond motifs is 4. The largest absolute Gasteiger partial charge is 0.494 e. The highest BCUT2D eigenvalue weighted by Crippen LogP contribution is 2.19. The molecule has 4 bridgehead atoms. The van der Waals surface area contributed by atoms with Crippen LogP contribution in [0.5, 0.6) is 5.75 Å². The number of hydrogen-bond donors (Lipinski definition) is 3. The van der Waals surface area contributed by atoms with Crippen LogP contribution < -0.4 is 15.4 Å².